The minimum Gasteiger partial charge on any atom is -0.493 e. The summed E-state index contributed by atoms with van der Waals surface area (Å²) < 4.78 is 13.9. The molecule has 0 saturated carbocycles. The van der Waals surface area contributed by atoms with Gasteiger partial charge in [0, 0.05) is 17.0 Å². The van der Waals surface area contributed by atoms with E-state index in [4.69, 9.17) is 33.3 Å². The minimum absolute atomic E-state index is 0.389. The van der Waals surface area contributed by atoms with Gasteiger partial charge < -0.3 is 14.9 Å². The van der Waals surface area contributed by atoms with Gasteiger partial charge in [-0.15, -0.1) is 0 Å². The standard InChI is InChI=1S/C20H23ClN4O2S/c1-3-6-18-23-24-20(28)25(18)22-12-15-8-5-10-17(26-2)19(15)27-13-14-7-4-9-16(21)11-14/h4-5,7-11,22H,3,6,12-13H2,1-2H3,(H,24,28). The summed E-state index contributed by atoms with van der Waals surface area (Å²) >= 11 is 11.4. The molecule has 3 rings (SSSR count). The van der Waals surface area contributed by atoms with Crippen LogP contribution >= 0.6 is 23.8 Å². The molecule has 0 amide bonds. The number of aromatic nitrogens is 3. The predicted octanol–water partition coefficient (Wildman–Crippen LogP) is 4.88. The van der Waals surface area contributed by atoms with Gasteiger partial charge in [-0.1, -0.05) is 42.8 Å². The molecule has 0 fully saturated rings. The molecule has 0 radical (unpaired) electrons. The van der Waals surface area contributed by atoms with Gasteiger partial charge in [0.05, 0.1) is 13.7 Å². The van der Waals surface area contributed by atoms with E-state index in [0.717, 1.165) is 29.8 Å². The summed E-state index contributed by atoms with van der Waals surface area (Å²) in [7, 11) is 1.63. The average molecular weight is 419 g/mol. The van der Waals surface area contributed by atoms with Crippen LogP contribution < -0.4 is 14.9 Å². The van der Waals surface area contributed by atoms with Crippen molar-refractivity contribution in [1.29, 1.82) is 0 Å². The van der Waals surface area contributed by atoms with Crippen molar-refractivity contribution in [3.05, 3.63) is 69.2 Å². The highest BCUT2D eigenvalue weighted by atomic mass is 35.5. The number of ether oxygens (including phenoxy) is 2. The molecular weight excluding hydrogens is 396 g/mol. The Balaban J connectivity index is 1.79. The fourth-order valence-electron chi connectivity index (χ4n) is 2.86. The summed E-state index contributed by atoms with van der Waals surface area (Å²) in [5, 5.41) is 7.79. The van der Waals surface area contributed by atoms with Crippen molar-refractivity contribution in [2.75, 3.05) is 12.5 Å². The minimum atomic E-state index is 0.389. The van der Waals surface area contributed by atoms with Crippen LogP contribution in [0, 0.1) is 4.77 Å². The summed E-state index contributed by atoms with van der Waals surface area (Å²) in [6, 6.07) is 13.4. The Bertz CT molecular complexity index is 986. The van der Waals surface area contributed by atoms with Gasteiger partial charge in [0.1, 0.15) is 6.61 Å². The van der Waals surface area contributed by atoms with E-state index < -0.39 is 0 Å². The highest BCUT2D eigenvalue weighted by molar-refractivity contribution is 7.71. The van der Waals surface area contributed by atoms with Crippen LogP contribution in [0.5, 0.6) is 11.5 Å². The van der Waals surface area contributed by atoms with Gasteiger partial charge in [0.15, 0.2) is 17.3 Å². The summed E-state index contributed by atoms with van der Waals surface area (Å²) in [4.78, 5) is 0. The van der Waals surface area contributed by atoms with E-state index in [2.05, 4.69) is 22.5 Å². The zero-order valence-electron chi connectivity index (χ0n) is 15.9. The number of para-hydroxylation sites is 1. The fourth-order valence-corrected chi connectivity index (χ4v) is 3.28. The van der Waals surface area contributed by atoms with Gasteiger partial charge in [0.2, 0.25) is 4.77 Å². The van der Waals surface area contributed by atoms with Crippen LogP contribution in [0.3, 0.4) is 0 Å². The van der Waals surface area contributed by atoms with Crippen LogP contribution in [-0.4, -0.2) is 22.0 Å². The molecule has 6 nitrogen and oxygen atoms in total. The number of aromatic amines is 1. The lowest BCUT2D eigenvalue weighted by Gasteiger charge is -2.17. The van der Waals surface area contributed by atoms with Crippen molar-refractivity contribution in [1.82, 2.24) is 14.9 Å². The maximum atomic E-state index is 6.10. The van der Waals surface area contributed by atoms with Crippen LogP contribution in [0.4, 0.5) is 0 Å². The Hall–Kier alpha value is -2.51. The molecule has 8 heteroatoms. The fraction of sp³-hybridized carbons (Fsp3) is 0.300. The molecule has 0 aliphatic heterocycles. The van der Waals surface area contributed by atoms with E-state index in [1.54, 1.807) is 11.8 Å². The topological polar surface area (TPSA) is 64.1 Å². The van der Waals surface area contributed by atoms with Crippen molar-refractivity contribution in [2.24, 2.45) is 0 Å². The molecule has 0 aliphatic rings. The van der Waals surface area contributed by atoms with Crippen molar-refractivity contribution in [3.8, 4) is 11.5 Å². The monoisotopic (exact) mass is 418 g/mol. The van der Waals surface area contributed by atoms with Crippen molar-refractivity contribution in [2.45, 2.75) is 32.9 Å². The summed E-state index contributed by atoms with van der Waals surface area (Å²) in [6.07, 6.45) is 1.81. The number of benzene rings is 2. The molecule has 0 unspecified atom stereocenters. The molecule has 0 aliphatic carbocycles. The summed E-state index contributed by atoms with van der Waals surface area (Å²) in [5.41, 5.74) is 5.26. The normalized spacial score (nSPS) is 10.7. The van der Waals surface area contributed by atoms with Gasteiger partial charge in [-0.25, -0.2) is 4.68 Å². The first-order valence-electron chi connectivity index (χ1n) is 9.05. The third-order valence-corrected chi connectivity index (χ3v) is 4.70. The van der Waals surface area contributed by atoms with Crippen LogP contribution in [0.2, 0.25) is 5.02 Å². The quantitative estimate of drug-likeness (QED) is 0.485. The summed E-state index contributed by atoms with van der Waals surface area (Å²) in [6.45, 7) is 3.00. The molecule has 148 valence electrons. The second-order valence-electron chi connectivity index (χ2n) is 6.23. The van der Waals surface area contributed by atoms with Crippen molar-refractivity contribution >= 4 is 23.8 Å². The lowest BCUT2D eigenvalue weighted by atomic mass is 10.2. The Morgan fingerprint density at radius 1 is 1.25 bits per heavy atom. The number of methoxy groups -OCH3 is 1. The molecule has 0 spiro atoms. The van der Waals surface area contributed by atoms with Crippen molar-refractivity contribution < 1.29 is 9.47 Å². The van der Waals surface area contributed by atoms with Gasteiger partial charge >= 0.3 is 0 Å². The molecule has 0 atom stereocenters. The maximum absolute atomic E-state index is 6.10. The zero-order valence-corrected chi connectivity index (χ0v) is 17.4. The number of hydrogen-bond acceptors (Lipinski definition) is 5. The number of nitrogens with zero attached hydrogens (tertiary/aromatic N) is 2. The van der Waals surface area contributed by atoms with E-state index in [0.29, 0.717) is 34.4 Å². The molecular formula is C20H23ClN4O2S. The van der Waals surface area contributed by atoms with Crippen LogP contribution in [0.15, 0.2) is 42.5 Å². The molecule has 0 saturated heterocycles. The Morgan fingerprint density at radius 3 is 2.82 bits per heavy atom. The number of aryl methyl sites for hydroxylation is 1. The second-order valence-corrected chi connectivity index (χ2v) is 7.06. The molecule has 3 aromatic rings. The lowest BCUT2D eigenvalue weighted by Crippen LogP contribution is -2.18. The van der Waals surface area contributed by atoms with Crippen LogP contribution in [0.1, 0.15) is 30.3 Å². The van der Waals surface area contributed by atoms with Gasteiger partial charge in [-0.05, 0) is 42.4 Å². The largest absolute Gasteiger partial charge is 0.493 e. The maximum Gasteiger partial charge on any atom is 0.214 e. The first kappa shape index (κ1) is 20.2. The molecule has 1 aromatic heterocycles. The van der Waals surface area contributed by atoms with Gasteiger partial charge in [-0.2, -0.15) is 5.10 Å². The number of nitrogens with one attached hydrogen (secondary N) is 2. The smallest absolute Gasteiger partial charge is 0.214 e. The predicted molar refractivity (Wildman–Crippen MR) is 113 cm³/mol. The highest BCUT2D eigenvalue weighted by Crippen LogP contribution is 2.32. The Morgan fingerprint density at radius 2 is 2.07 bits per heavy atom. The number of hydrogen-bond donors (Lipinski definition) is 2. The van der Waals surface area contributed by atoms with Gasteiger partial charge in [-0.3, -0.25) is 5.10 Å². The third kappa shape index (κ3) is 4.85. The van der Waals surface area contributed by atoms with E-state index in [1.165, 1.54) is 0 Å². The SMILES string of the molecule is CCCc1n[nH]c(=S)n1NCc1cccc(OC)c1OCc1cccc(Cl)c1. The molecule has 0 bridgehead atoms. The van der Waals surface area contributed by atoms with E-state index >= 15 is 0 Å². The molecule has 2 aromatic carbocycles. The number of rotatable bonds is 9. The van der Waals surface area contributed by atoms with E-state index in [-0.39, 0.29) is 0 Å². The molecule has 28 heavy (non-hydrogen) atoms. The Labute approximate surface area is 174 Å². The molecule has 2 N–H and O–H groups in total. The average Bonchev–Trinajstić information content (AvgIpc) is 3.04. The zero-order chi connectivity index (χ0) is 19.9. The highest BCUT2D eigenvalue weighted by Gasteiger charge is 2.12. The third-order valence-electron chi connectivity index (χ3n) is 4.20. The first-order valence-corrected chi connectivity index (χ1v) is 9.84. The first-order chi connectivity index (χ1) is 13.6. The Kier molecular flexibility index (Phi) is 6.95. The van der Waals surface area contributed by atoms with E-state index in [9.17, 15) is 0 Å². The lowest BCUT2D eigenvalue weighted by molar-refractivity contribution is 0.281. The van der Waals surface area contributed by atoms with Crippen LogP contribution in [0.25, 0.3) is 0 Å². The molecule has 1 heterocycles. The summed E-state index contributed by atoms with van der Waals surface area (Å²) in [5.74, 6) is 2.23. The van der Waals surface area contributed by atoms with Crippen LogP contribution in [-0.2, 0) is 19.6 Å². The number of H-pyrrole nitrogens is 1. The van der Waals surface area contributed by atoms with Gasteiger partial charge in [0.25, 0.3) is 0 Å². The van der Waals surface area contributed by atoms with Crippen molar-refractivity contribution in [3.63, 3.8) is 0 Å². The van der Waals surface area contributed by atoms with E-state index in [1.807, 2.05) is 42.5 Å². The number of halogens is 1. The second kappa shape index (κ2) is 9.61.